The van der Waals surface area contributed by atoms with Gasteiger partial charge in [-0.05, 0) is 62.5 Å². The monoisotopic (exact) mass is 249 g/mol. The van der Waals surface area contributed by atoms with Crippen molar-refractivity contribution in [2.75, 3.05) is 20.7 Å². The van der Waals surface area contributed by atoms with E-state index in [9.17, 15) is 0 Å². The summed E-state index contributed by atoms with van der Waals surface area (Å²) in [7, 11) is 3.93. The van der Waals surface area contributed by atoms with E-state index in [1.54, 1.807) is 7.11 Å². The van der Waals surface area contributed by atoms with Crippen molar-refractivity contribution in [2.45, 2.75) is 40.7 Å². The fraction of sp³-hybridized carbons (Fsp3) is 0.625. The Morgan fingerprint density at radius 1 is 1.17 bits per heavy atom. The van der Waals surface area contributed by atoms with E-state index in [0.29, 0.717) is 0 Å². The Labute approximate surface area is 112 Å². The topological polar surface area (TPSA) is 12.5 Å². The van der Waals surface area contributed by atoms with Gasteiger partial charge in [-0.25, -0.2) is 0 Å². The first-order valence-corrected chi connectivity index (χ1v) is 6.77. The molecule has 0 atom stereocenters. The van der Waals surface area contributed by atoms with Crippen molar-refractivity contribution >= 4 is 0 Å². The predicted octanol–water partition coefficient (Wildman–Crippen LogP) is 3.79. The van der Waals surface area contributed by atoms with E-state index < -0.39 is 0 Å². The Bertz CT molecular complexity index is 385. The van der Waals surface area contributed by atoms with Gasteiger partial charge in [0.05, 0.1) is 7.11 Å². The summed E-state index contributed by atoms with van der Waals surface area (Å²) >= 11 is 0. The Morgan fingerprint density at radius 3 is 2.39 bits per heavy atom. The third kappa shape index (κ3) is 4.02. The van der Waals surface area contributed by atoms with Crippen LogP contribution >= 0.6 is 0 Å². The summed E-state index contributed by atoms with van der Waals surface area (Å²) in [6, 6.07) is 4.26. The molecule has 0 aliphatic heterocycles. The number of methoxy groups -OCH3 is 1. The van der Waals surface area contributed by atoms with Crippen LogP contribution in [0.15, 0.2) is 12.1 Å². The lowest BCUT2D eigenvalue weighted by atomic mass is 10.0. The molecule has 0 aliphatic carbocycles. The number of ether oxygens (including phenoxy) is 1. The normalized spacial score (nSPS) is 11.3. The highest BCUT2D eigenvalue weighted by atomic mass is 16.5. The van der Waals surface area contributed by atoms with E-state index in [1.165, 1.54) is 23.1 Å². The van der Waals surface area contributed by atoms with Crippen LogP contribution < -0.4 is 4.74 Å². The second kappa shape index (κ2) is 6.79. The molecule has 102 valence electrons. The van der Waals surface area contributed by atoms with Crippen LogP contribution in [0.5, 0.6) is 5.75 Å². The molecule has 0 heterocycles. The van der Waals surface area contributed by atoms with Gasteiger partial charge < -0.3 is 9.64 Å². The molecule has 2 nitrogen and oxygen atoms in total. The van der Waals surface area contributed by atoms with Gasteiger partial charge >= 0.3 is 0 Å². The lowest BCUT2D eigenvalue weighted by Gasteiger charge is -2.20. The number of hydrogen-bond donors (Lipinski definition) is 0. The van der Waals surface area contributed by atoms with Crippen LogP contribution in [0.1, 0.15) is 37.0 Å². The number of benzene rings is 1. The van der Waals surface area contributed by atoms with Crippen molar-refractivity contribution in [2.24, 2.45) is 5.92 Å². The molecule has 0 fully saturated rings. The van der Waals surface area contributed by atoms with Crippen LogP contribution in [0.4, 0.5) is 0 Å². The van der Waals surface area contributed by atoms with Crippen LogP contribution in [0, 0.1) is 19.8 Å². The Morgan fingerprint density at radius 2 is 1.83 bits per heavy atom. The zero-order valence-corrected chi connectivity index (χ0v) is 12.7. The third-order valence-electron chi connectivity index (χ3n) is 3.60. The maximum Gasteiger partial charge on any atom is 0.122 e. The summed E-state index contributed by atoms with van der Waals surface area (Å²) in [4.78, 5) is 2.40. The minimum atomic E-state index is 0.770. The molecule has 18 heavy (non-hydrogen) atoms. The first kappa shape index (κ1) is 15.0. The summed E-state index contributed by atoms with van der Waals surface area (Å²) in [5.41, 5.74) is 4.01. The average Bonchev–Trinajstić information content (AvgIpc) is 2.33. The van der Waals surface area contributed by atoms with E-state index in [1.807, 2.05) is 0 Å². The molecule has 0 N–H and O–H groups in total. The van der Waals surface area contributed by atoms with E-state index in [2.05, 4.69) is 51.8 Å². The van der Waals surface area contributed by atoms with Gasteiger partial charge in [0.25, 0.3) is 0 Å². The number of nitrogens with zero attached hydrogens (tertiary/aromatic N) is 1. The summed E-state index contributed by atoms with van der Waals surface area (Å²) in [6.07, 6.45) is 1.25. The lowest BCUT2D eigenvalue weighted by Crippen LogP contribution is -2.21. The second-order valence-electron chi connectivity index (χ2n) is 5.60. The van der Waals surface area contributed by atoms with Crippen molar-refractivity contribution in [1.29, 1.82) is 0 Å². The molecule has 1 aromatic carbocycles. The molecule has 0 saturated heterocycles. The molecule has 0 aromatic heterocycles. The molecule has 0 bridgehead atoms. The van der Waals surface area contributed by atoms with Crippen LogP contribution in [0.2, 0.25) is 0 Å². The average molecular weight is 249 g/mol. The molecule has 0 spiro atoms. The minimum absolute atomic E-state index is 0.770. The van der Waals surface area contributed by atoms with Gasteiger partial charge in [-0.3, -0.25) is 0 Å². The minimum Gasteiger partial charge on any atom is -0.496 e. The van der Waals surface area contributed by atoms with Crippen LogP contribution in [-0.4, -0.2) is 25.6 Å². The summed E-state index contributed by atoms with van der Waals surface area (Å²) in [5.74, 6) is 1.76. The highest BCUT2D eigenvalue weighted by molar-refractivity contribution is 5.43. The number of hydrogen-bond acceptors (Lipinski definition) is 2. The molecule has 0 aliphatic rings. The molecule has 0 radical (unpaired) electrons. The zero-order chi connectivity index (χ0) is 13.7. The van der Waals surface area contributed by atoms with E-state index in [0.717, 1.165) is 24.8 Å². The van der Waals surface area contributed by atoms with Gasteiger partial charge in [-0.15, -0.1) is 0 Å². The predicted molar refractivity (Wildman–Crippen MR) is 78.3 cm³/mol. The zero-order valence-electron chi connectivity index (χ0n) is 12.7. The van der Waals surface area contributed by atoms with Crippen LogP contribution in [0.25, 0.3) is 0 Å². The smallest absolute Gasteiger partial charge is 0.122 e. The fourth-order valence-electron chi connectivity index (χ4n) is 2.09. The molecule has 1 rings (SSSR count). The molecule has 1 aromatic rings. The highest BCUT2D eigenvalue weighted by Gasteiger charge is 2.09. The van der Waals surface area contributed by atoms with Gasteiger partial charge in [0.1, 0.15) is 5.75 Å². The molecule has 0 saturated carbocycles. The third-order valence-corrected chi connectivity index (χ3v) is 3.60. The van der Waals surface area contributed by atoms with Crippen molar-refractivity contribution in [1.82, 2.24) is 4.90 Å². The highest BCUT2D eigenvalue weighted by Crippen LogP contribution is 2.24. The first-order chi connectivity index (χ1) is 8.45. The fourth-order valence-corrected chi connectivity index (χ4v) is 2.09. The van der Waals surface area contributed by atoms with Crippen molar-refractivity contribution in [3.8, 4) is 5.75 Å². The molecular formula is C16H27NO. The quantitative estimate of drug-likeness (QED) is 0.760. The Balaban J connectivity index is 2.70. The van der Waals surface area contributed by atoms with E-state index in [-0.39, 0.29) is 0 Å². The van der Waals surface area contributed by atoms with Crippen molar-refractivity contribution in [3.63, 3.8) is 0 Å². The van der Waals surface area contributed by atoms with Gasteiger partial charge in [-0.2, -0.15) is 0 Å². The van der Waals surface area contributed by atoms with E-state index in [4.69, 9.17) is 4.74 Å². The maximum absolute atomic E-state index is 5.35. The van der Waals surface area contributed by atoms with Crippen molar-refractivity contribution in [3.05, 3.63) is 28.8 Å². The van der Waals surface area contributed by atoms with Crippen molar-refractivity contribution < 1.29 is 4.74 Å². The van der Waals surface area contributed by atoms with Gasteiger partial charge in [0, 0.05) is 6.54 Å². The van der Waals surface area contributed by atoms with Gasteiger partial charge in [-0.1, -0.05) is 19.9 Å². The van der Waals surface area contributed by atoms with E-state index >= 15 is 0 Å². The van der Waals surface area contributed by atoms with Crippen LogP contribution in [0.3, 0.4) is 0 Å². The number of rotatable bonds is 6. The summed E-state index contributed by atoms with van der Waals surface area (Å²) in [6.45, 7) is 11.0. The Kier molecular flexibility index (Phi) is 5.67. The largest absolute Gasteiger partial charge is 0.496 e. The molecular weight excluding hydrogens is 222 g/mol. The molecule has 2 heteroatoms. The molecule has 0 amide bonds. The first-order valence-electron chi connectivity index (χ1n) is 6.77. The maximum atomic E-state index is 5.35. The summed E-state index contributed by atoms with van der Waals surface area (Å²) < 4.78 is 5.35. The molecule has 0 unspecified atom stereocenters. The standard InChI is InChI=1S/C16H27NO/c1-12(2)9-10-17(5)11-15-7-8-16(18-6)14(4)13(15)3/h7-8,12H,9-11H2,1-6H3. The summed E-state index contributed by atoms with van der Waals surface area (Å²) in [5, 5.41) is 0. The lowest BCUT2D eigenvalue weighted by molar-refractivity contribution is 0.302. The Hall–Kier alpha value is -1.02. The SMILES string of the molecule is COc1ccc(CN(C)CCC(C)C)c(C)c1C. The van der Waals surface area contributed by atoms with Gasteiger partial charge in [0.15, 0.2) is 0 Å². The van der Waals surface area contributed by atoms with Crippen LogP contribution in [-0.2, 0) is 6.54 Å². The second-order valence-corrected chi connectivity index (χ2v) is 5.60. The van der Waals surface area contributed by atoms with Gasteiger partial charge in [0.2, 0.25) is 0 Å².